The van der Waals surface area contributed by atoms with E-state index in [1.165, 1.54) is 5.56 Å². The number of nitrogens with two attached hydrogens (primary N) is 1. The molecule has 3 N–H and O–H groups in total. The summed E-state index contributed by atoms with van der Waals surface area (Å²) >= 11 is 0. The summed E-state index contributed by atoms with van der Waals surface area (Å²) in [5.41, 5.74) is 9.76. The van der Waals surface area contributed by atoms with Crippen molar-refractivity contribution in [2.24, 2.45) is 5.92 Å². The highest BCUT2D eigenvalue weighted by Crippen LogP contribution is 2.37. The van der Waals surface area contributed by atoms with Crippen LogP contribution in [-0.4, -0.2) is 30.4 Å². The van der Waals surface area contributed by atoms with E-state index >= 15 is 0 Å². The van der Waals surface area contributed by atoms with Gasteiger partial charge in [0.25, 0.3) is 5.91 Å². The number of benzene rings is 2. The number of nitrogen functional groups attached to an aromatic ring is 1. The molecule has 0 aromatic heterocycles. The zero-order chi connectivity index (χ0) is 15.8. The van der Waals surface area contributed by atoms with Crippen LogP contribution in [0.15, 0.2) is 48.5 Å². The first kappa shape index (κ1) is 14.3. The average molecular weight is 307 g/mol. The molecule has 2 aromatic rings. The van der Waals surface area contributed by atoms with Crippen LogP contribution in [0, 0.1) is 5.92 Å². The second-order valence-electron chi connectivity index (χ2n) is 6.60. The third-order valence-corrected chi connectivity index (χ3v) is 5.01. The normalized spacial score (nSPS) is 23.7. The highest BCUT2D eigenvalue weighted by atomic mass is 16.1. The molecule has 0 unspecified atom stereocenters. The predicted octanol–water partition coefficient (Wildman–Crippen LogP) is 2.23. The Hall–Kier alpha value is -2.33. The fourth-order valence-corrected chi connectivity index (χ4v) is 3.90. The summed E-state index contributed by atoms with van der Waals surface area (Å²) in [6, 6.07) is 16.3. The van der Waals surface area contributed by atoms with E-state index in [-0.39, 0.29) is 5.91 Å². The minimum absolute atomic E-state index is 0.0105. The Balaban J connectivity index is 1.60. The summed E-state index contributed by atoms with van der Waals surface area (Å²) in [6.45, 7) is 3.71. The van der Waals surface area contributed by atoms with Crippen LogP contribution >= 0.6 is 0 Å². The molecule has 1 fully saturated rings. The van der Waals surface area contributed by atoms with Crippen molar-refractivity contribution in [3.05, 3.63) is 65.2 Å². The van der Waals surface area contributed by atoms with Crippen molar-refractivity contribution in [3.63, 3.8) is 0 Å². The van der Waals surface area contributed by atoms with E-state index in [2.05, 4.69) is 34.5 Å². The van der Waals surface area contributed by atoms with Gasteiger partial charge < -0.3 is 11.1 Å². The number of anilines is 1. The number of hydrogen-bond donors (Lipinski definition) is 2. The van der Waals surface area contributed by atoms with Crippen molar-refractivity contribution in [3.8, 4) is 0 Å². The van der Waals surface area contributed by atoms with Gasteiger partial charge in [0.1, 0.15) is 0 Å². The van der Waals surface area contributed by atoms with Crippen molar-refractivity contribution in [2.45, 2.75) is 12.5 Å². The van der Waals surface area contributed by atoms with Gasteiger partial charge in [-0.15, -0.1) is 0 Å². The third-order valence-electron chi connectivity index (χ3n) is 5.01. The first-order valence-electron chi connectivity index (χ1n) is 8.14. The number of hydrogen-bond acceptors (Lipinski definition) is 3. The summed E-state index contributed by atoms with van der Waals surface area (Å²) in [6.07, 6.45) is 0. The van der Waals surface area contributed by atoms with Gasteiger partial charge in [0.2, 0.25) is 0 Å². The second-order valence-corrected chi connectivity index (χ2v) is 6.60. The van der Waals surface area contributed by atoms with Gasteiger partial charge in [-0.2, -0.15) is 0 Å². The quantitative estimate of drug-likeness (QED) is 0.837. The van der Waals surface area contributed by atoms with Crippen LogP contribution in [0.3, 0.4) is 0 Å². The molecule has 2 heterocycles. The molecule has 2 aliphatic rings. The minimum atomic E-state index is 0.0105. The molecule has 2 aromatic carbocycles. The zero-order valence-corrected chi connectivity index (χ0v) is 13.0. The number of amides is 1. The van der Waals surface area contributed by atoms with Gasteiger partial charge in [-0.3, -0.25) is 9.69 Å². The number of rotatable bonds is 2. The lowest BCUT2D eigenvalue weighted by molar-refractivity contribution is 0.0951. The second kappa shape index (κ2) is 5.70. The Morgan fingerprint density at radius 1 is 1.13 bits per heavy atom. The molecule has 4 nitrogen and oxygen atoms in total. The van der Waals surface area contributed by atoms with Crippen LogP contribution in [0.1, 0.15) is 27.4 Å². The van der Waals surface area contributed by atoms with E-state index in [0.717, 1.165) is 37.3 Å². The van der Waals surface area contributed by atoms with Crippen LogP contribution in [0.5, 0.6) is 0 Å². The molecule has 1 amide bonds. The number of carbonyl (C=O) groups excluding carboxylic acids is 1. The molecule has 4 rings (SSSR count). The molecule has 0 bridgehead atoms. The SMILES string of the molecule is Nc1ccc2c(c1)C(=O)NC[C@@H]1CN(Cc3ccccc3)C[C@@H]21. The van der Waals surface area contributed by atoms with Crippen LogP contribution in [0.25, 0.3) is 0 Å². The smallest absolute Gasteiger partial charge is 0.251 e. The average Bonchev–Trinajstić information content (AvgIpc) is 2.91. The number of nitrogens with one attached hydrogen (secondary N) is 1. The lowest BCUT2D eigenvalue weighted by atomic mass is 9.87. The highest BCUT2D eigenvalue weighted by Gasteiger charge is 2.37. The summed E-state index contributed by atoms with van der Waals surface area (Å²) in [7, 11) is 0. The monoisotopic (exact) mass is 307 g/mol. The molecule has 118 valence electrons. The van der Waals surface area contributed by atoms with Gasteiger partial charge in [0, 0.05) is 43.3 Å². The van der Waals surface area contributed by atoms with Gasteiger partial charge >= 0.3 is 0 Å². The maximum Gasteiger partial charge on any atom is 0.251 e. The third kappa shape index (κ3) is 2.70. The maximum absolute atomic E-state index is 12.3. The van der Waals surface area contributed by atoms with Gasteiger partial charge in [-0.1, -0.05) is 36.4 Å². The highest BCUT2D eigenvalue weighted by molar-refractivity contribution is 5.97. The standard InChI is InChI=1S/C19H21N3O/c20-15-6-7-16-17(8-15)19(23)21-9-14-11-22(12-18(14)16)10-13-4-2-1-3-5-13/h1-8,14,18H,9-12,20H2,(H,21,23)/t14-,18-/m1/s1. The summed E-state index contributed by atoms with van der Waals surface area (Å²) in [5.74, 6) is 0.872. The van der Waals surface area contributed by atoms with Gasteiger partial charge in [-0.25, -0.2) is 0 Å². The van der Waals surface area contributed by atoms with Gasteiger partial charge in [-0.05, 0) is 29.2 Å². The number of fused-ring (bicyclic) bond motifs is 3. The Morgan fingerprint density at radius 3 is 2.78 bits per heavy atom. The largest absolute Gasteiger partial charge is 0.399 e. The first-order chi connectivity index (χ1) is 11.2. The number of likely N-dealkylation sites (tertiary alicyclic amines) is 1. The van der Waals surface area contributed by atoms with Crippen molar-refractivity contribution in [2.75, 3.05) is 25.4 Å². The lowest BCUT2D eigenvalue weighted by Gasteiger charge is -2.17. The summed E-state index contributed by atoms with van der Waals surface area (Å²) in [4.78, 5) is 14.8. The molecule has 0 aliphatic carbocycles. The van der Waals surface area contributed by atoms with E-state index in [1.807, 2.05) is 24.3 Å². The van der Waals surface area contributed by atoms with Crippen molar-refractivity contribution < 1.29 is 4.79 Å². The molecular weight excluding hydrogens is 286 g/mol. The van der Waals surface area contributed by atoms with E-state index in [4.69, 9.17) is 5.73 Å². The number of nitrogens with zero attached hydrogens (tertiary/aromatic N) is 1. The predicted molar refractivity (Wildman–Crippen MR) is 91.1 cm³/mol. The molecule has 2 aliphatic heterocycles. The Morgan fingerprint density at radius 2 is 1.96 bits per heavy atom. The molecule has 2 atom stereocenters. The summed E-state index contributed by atoms with van der Waals surface area (Å²) in [5, 5.41) is 3.06. The first-order valence-corrected chi connectivity index (χ1v) is 8.14. The molecule has 0 radical (unpaired) electrons. The van der Waals surface area contributed by atoms with E-state index < -0.39 is 0 Å². The van der Waals surface area contributed by atoms with E-state index in [1.54, 1.807) is 0 Å². The van der Waals surface area contributed by atoms with Crippen molar-refractivity contribution in [1.29, 1.82) is 0 Å². The fourth-order valence-electron chi connectivity index (χ4n) is 3.90. The van der Waals surface area contributed by atoms with Crippen molar-refractivity contribution in [1.82, 2.24) is 10.2 Å². The maximum atomic E-state index is 12.3. The zero-order valence-electron chi connectivity index (χ0n) is 13.0. The fraction of sp³-hybridized carbons (Fsp3) is 0.316. The Kier molecular flexibility index (Phi) is 3.54. The van der Waals surface area contributed by atoms with Gasteiger partial charge in [0.05, 0.1) is 0 Å². The van der Waals surface area contributed by atoms with Crippen LogP contribution in [-0.2, 0) is 6.54 Å². The molecule has 1 saturated heterocycles. The minimum Gasteiger partial charge on any atom is -0.399 e. The van der Waals surface area contributed by atoms with E-state index in [9.17, 15) is 4.79 Å². The van der Waals surface area contributed by atoms with Crippen molar-refractivity contribution >= 4 is 11.6 Å². The number of carbonyl (C=O) groups is 1. The van der Waals surface area contributed by atoms with E-state index in [0.29, 0.717) is 17.5 Å². The summed E-state index contributed by atoms with van der Waals surface area (Å²) < 4.78 is 0. The van der Waals surface area contributed by atoms with Gasteiger partial charge in [0.15, 0.2) is 0 Å². The topological polar surface area (TPSA) is 58.4 Å². The van der Waals surface area contributed by atoms with Crippen LogP contribution < -0.4 is 11.1 Å². The molecule has 0 spiro atoms. The Labute approximate surface area is 136 Å². The molecule has 0 saturated carbocycles. The lowest BCUT2D eigenvalue weighted by Crippen LogP contribution is -2.29. The molecular formula is C19H21N3O. The Bertz CT molecular complexity index is 729. The van der Waals surface area contributed by atoms with Crippen LogP contribution in [0.2, 0.25) is 0 Å². The van der Waals surface area contributed by atoms with Crippen LogP contribution in [0.4, 0.5) is 5.69 Å². The molecule has 23 heavy (non-hydrogen) atoms. The molecule has 4 heteroatoms.